The first-order valence-electron chi connectivity index (χ1n) is 13.6. The zero-order valence-electron chi connectivity index (χ0n) is 24.7. The van der Waals surface area contributed by atoms with Gasteiger partial charge in [-0.1, -0.05) is 52.7 Å². The fourth-order valence-electron chi connectivity index (χ4n) is 3.78. The molecule has 0 spiro atoms. The molecule has 0 fully saturated rings. The minimum atomic E-state index is -1.22. The van der Waals surface area contributed by atoms with Gasteiger partial charge in [0, 0.05) is 0 Å². The minimum Gasteiger partial charge on any atom is -0.480 e. The third-order valence-electron chi connectivity index (χ3n) is 6.56. The molecule has 42 heavy (non-hydrogen) atoms. The summed E-state index contributed by atoms with van der Waals surface area (Å²) < 4.78 is 35.5. The molecular formula is C30H38F2N2O6S2. The van der Waals surface area contributed by atoms with Crippen molar-refractivity contribution in [1.82, 2.24) is 10.6 Å². The van der Waals surface area contributed by atoms with Gasteiger partial charge in [-0.05, 0) is 78.5 Å². The van der Waals surface area contributed by atoms with E-state index in [4.69, 9.17) is 4.74 Å². The van der Waals surface area contributed by atoms with E-state index in [9.17, 15) is 28.7 Å². The highest BCUT2D eigenvalue weighted by molar-refractivity contribution is 8.76. The quantitative estimate of drug-likeness (QED) is 0.171. The first-order valence-corrected chi connectivity index (χ1v) is 15.7. The molecular weight excluding hydrogens is 586 g/mol. The van der Waals surface area contributed by atoms with Crippen molar-refractivity contribution in [2.24, 2.45) is 11.8 Å². The third kappa shape index (κ3) is 9.45. The molecule has 2 rings (SSSR count). The molecule has 4 atom stereocenters. The SMILES string of the molecule is CCC(C)[C@H](NC(=O)c1cccc(F)c1SSc1c(F)cccc1C(=O)N[C@H](C(=O)OC(C)(C)C)C(C)CC)C(=O)O. The maximum absolute atomic E-state index is 15.1. The van der Waals surface area contributed by atoms with Gasteiger partial charge < -0.3 is 20.5 Å². The summed E-state index contributed by atoms with van der Waals surface area (Å²) in [6.45, 7) is 12.2. The fraction of sp³-hybridized carbons (Fsp3) is 0.467. The second kappa shape index (κ2) is 15.4. The molecule has 0 aromatic heterocycles. The van der Waals surface area contributed by atoms with E-state index in [1.807, 2.05) is 6.92 Å². The van der Waals surface area contributed by atoms with E-state index in [0.29, 0.717) is 23.6 Å². The number of rotatable bonds is 13. The lowest BCUT2D eigenvalue weighted by Gasteiger charge is -2.27. The van der Waals surface area contributed by atoms with Crippen LogP contribution in [0.25, 0.3) is 0 Å². The van der Waals surface area contributed by atoms with Gasteiger partial charge in [0.1, 0.15) is 29.3 Å². The van der Waals surface area contributed by atoms with Crippen LogP contribution in [0.2, 0.25) is 0 Å². The summed E-state index contributed by atoms with van der Waals surface area (Å²) in [6, 6.07) is 5.44. The van der Waals surface area contributed by atoms with Crippen molar-refractivity contribution in [3.05, 3.63) is 59.2 Å². The van der Waals surface area contributed by atoms with Crippen molar-refractivity contribution in [3.8, 4) is 0 Å². The lowest BCUT2D eigenvalue weighted by molar-refractivity contribution is -0.158. The lowest BCUT2D eigenvalue weighted by Crippen LogP contribution is -2.48. The summed E-state index contributed by atoms with van der Waals surface area (Å²) in [5.74, 6) is -5.57. The highest BCUT2D eigenvalue weighted by atomic mass is 33.1. The molecule has 2 unspecified atom stereocenters. The topological polar surface area (TPSA) is 122 Å². The molecule has 0 saturated heterocycles. The maximum Gasteiger partial charge on any atom is 0.329 e. The van der Waals surface area contributed by atoms with Crippen molar-refractivity contribution in [2.75, 3.05) is 0 Å². The van der Waals surface area contributed by atoms with E-state index in [2.05, 4.69) is 10.6 Å². The maximum atomic E-state index is 15.1. The highest BCUT2D eigenvalue weighted by Gasteiger charge is 2.32. The number of esters is 1. The highest BCUT2D eigenvalue weighted by Crippen LogP contribution is 2.43. The Morgan fingerprint density at radius 1 is 0.810 bits per heavy atom. The molecule has 0 heterocycles. The average Bonchev–Trinajstić information content (AvgIpc) is 2.91. The summed E-state index contributed by atoms with van der Waals surface area (Å²) in [5.41, 5.74) is -1.01. The van der Waals surface area contributed by atoms with E-state index < -0.39 is 53.1 Å². The van der Waals surface area contributed by atoms with Gasteiger partial charge in [0.25, 0.3) is 11.8 Å². The van der Waals surface area contributed by atoms with Gasteiger partial charge in [-0.2, -0.15) is 0 Å². The van der Waals surface area contributed by atoms with Crippen LogP contribution >= 0.6 is 21.6 Å². The number of ether oxygens (including phenoxy) is 1. The summed E-state index contributed by atoms with van der Waals surface area (Å²) in [4.78, 5) is 50.7. The van der Waals surface area contributed by atoms with Gasteiger partial charge in [0.2, 0.25) is 0 Å². The number of carboxylic acid groups (broad SMARTS) is 1. The monoisotopic (exact) mass is 624 g/mol. The molecule has 2 aromatic carbocycles. The molecule has 0 aliphatic carbocycles. The van der Waals surface area contributed by atoms with Crippen LogP contribution in [0.15, 0.2) is 46.2 Å². The zero-order chi connectivity index (χ0) is 31.8. The van der Waals surface area contributed by atoms with Crippen molar-refractivity contribution in [2.45, 2.75) is 88.8 Å². The second-order valence-corrected chi connectivity index (χ2v) is 13.1. The Labute approximate surface area is 253 Å². The Balaban J connectivity index is 2.37. The molecule has 2 amide bonds. The molecule has 0 saturated carbocycles. The van der Waals surface area contributed by atoms with Crippen LogP contribution in [0, 0.1) is 23.5 Å². The lowest BCUT2D eigenvalue weighted by atomic mass is 9.98. The minimum absolute atomic E-state index is 0.0885. The summed E-state index contributed by atoms with van der Waals surface area (Å²) in [5, 5.41) is 14.7. The Morgan fingerprint density at radius 2 is 1.21 bits per heavy atom. The molecule has 0 aliphatic heterocycles. The average molecular weight is 625 g/mol. The Bertz CT molecular complexity index is 1300. The van der Waals surface area contributed by atoms with Gasteiger partial charge >= 0.3 is 11.9 Å². The first kappa shape index (κ1) is 35.1. The van der Waals surface area contributed by atoms with Gasteiger partial charge in [0.05, 0.1) is 20.9 Å². The smallest absolute Gasteiger partial charge is 0.329 e. The number of carbonyl (C=O) groups excluding carboxylic acids is 3. The van der Waals surface area contributed by atoms with Crippen LogP contribution < -0.4 is 10.6 Å². The standard InChI is InChI=1S/C30H38F2N2O6S2/c1-8-16(3)22(28(37)38)33-26(35)18-12-10-14-20(31)24(18)41-42-25-19(13-11-15-21(25)32)27(36)34-23(17(4)9-2)29(39)40-30(5,6)7/h10-17,22-23H,8-9H2,1-7H3,(H,33,35)(H,34,36)(H,37,38)/t16?,17?,22-,23-/m0/s1. The molecule has 2 aromatic rings. The number of halogens is 2. The number of aliphatic carboxylic acids is 1. The predicted molar refractivity (Wildman–Crippen MR) is 159 cm³/mol. The van der Waals surface area contributed by atoms with E-state index >= 15 is 4.39 Å². The summed E-state index contributed by atoms with van der Waals surface area (Å²) in [6.07, 6.45) is 1.05. The Morgan fingerprint density at radius 3 is 1.60 bits per heavy atom. The van der Waals surface area contributed by atoms with Crippen LogP contribution in [0.4, 0.5) is 8.78 Å². The van der Waals surface area contributed by atoms with E-state index in [0.717, 1.165) is 22.9 Å². The van der Waals surface area contributed by atoms with Gasteiger partial charge in [-0.15, -0.1) is 0 Å². The largest absolute Gasteiger partial charge is 0.480 e. The Kier molecular flexibility index (Phi) is 12.8. The molecule has 3 N–H and O–H groups in total. The molecule has 8 nitrogen and oxygen atoms in total. The third-order valence-corrected chi connectivity index (χ3v) is 9.05. The van der Waals surface area contributed by atoms with Crippen molar-refractivity contribution in [1.29, 1.82) is 0 Å². The molecule has 0 radical (unpaired) electrons. The summed E-state index contributed by atoms with van der Waals surface area (Å²) >= 11 is 0. The van der Waals surface area contributed by atoms with Gasteiger partial charge in [-0.25, -0.2) is 18.4 Å². The number of carbonyl (C=O) groups is 4. The van der Waals surface area contributed by atoms with E-state index in [1.165, 1.54) is 24.3 Å². The Hall–Kier alpha value is -3.12. The predicted octanol–water partition coefficient (Wildman–Crippen LogP) is 6.48. The molecule has 0 aliphatic rings. The summed E-state index contributed by atoms with van der Waals surface area (Å²) in [7, 11) is 1.44. The molecule has 0 bridgehead atoms. The number of amides is 2. The fourth-order valence-corrected chi connectivity index (χ4v) is 6.26. The van der Waals surface area contributed by atoms with Gasteiger partial charge in [-0.3, -0.25) is 9.59 Å². The van der Waals surface area contributed by atoms with Crippen LogP contribution in [-0.2, 0) is 14.3 Å². The number of hydrogen-bond acceptors (Lipinski definition) is 7. The van der Waals surface area contributed by atoms with E-state index in [1.54, 1.807) is 41.5 Å². The van der Waals surface area contributed by atoms with Crippen LogP contribution in [0.5, 0.6) is 0 Å². The first-order chi connectivity index (χ1) is 19.6. The molecule has 230 valence electrons. The van der Waals surface area contributed by atoms with Crippen LogP contribution in [0.1, 0.15) is 82.0 Å². The van der Waals surface area contributed by atoms with Crippen LogP contribution in [0.3, 0.4) is 0 Å². The molecule has 12 heteroatoms. The number of benzene rings is 2. The normalized spacial score (nSPS) is 14.3. The van der Waals surface area contributed by atoms with Gasteiger partial charge in [0.15, 0.2) is 0 Å². The zero-order valence-corrected chi connectivity index (χ0v) is 26.4. The number of carboxylic acids is 1. The number of nitrogens with one attached hydrogen (secondary N) is 2. The number of hydrogen-bond donors (Lipinski definition) is 3. The van der Waals surface area contributed by atoms with Crippen LogP contribution in [-0.4, -0.2) is 46.5 Å². The van der Waals surface area contributed by atoms with Crippen molar-refractivity contribution in [3.63, 3.8) is 0 Å². The van der Waals surface area contributed by atoms with Crippen molar-refractivity contribution >= 4 is 45.3 Å². The second-order valence-electron chi connectivity index (χ2n) is 10.9. The van der Waals surface area contributed by atoms with E-state index in [-0.39, 0.29) is 32.8 Å². The van der Waals surface area contributed by atoms with Crippen molar-refractivity contribution < 1.29 is 37.8 Å².